The number of benzene rings is 1. The Bertz CT molecular complexity index is 863. The van der Waals surface area contributed by atoms with Crippen LogP contribution in [0.4, 0.5) is 5.69 Å². The van der Waals surface area contributed by atoms with E-state index in [-0.39, 0.29) is 30.0 Å². The van der Waals surface area contributed by atoms with Crippen LogP contribution < -0.4 is 10.6 Å². The summed E-state index contributed by atoms with van der Waals surface area (Å²) in [6, 6.07) is 8.00. The highest BCUT2D eigenvalue weighted by molar-refractivity contribution is 7.13. The van der Waals surface area contributed by atoms with Gasteiger partial charge < -0.3 is 20.3 Å². The van der Waals surface area contributed by atoms with Crippen molar-refractivity contribution in [1.82, 2.24) is 20.4 Å². The van der Waals surface area contributed by atoms with E-state index in [1.54, 1.807) is 0 Å². The number of carbonyl (C=O) groups is 2. The molecular weight excluding hydrogens is 426 g/mol. The molecule has 2 aromatic rings. The number of rotatable bonds is 10. The number of likely N-dealkylation sites (tertiary alicyclic amines) is 1. The Morgan fingerprint density at radius 2 is 1.84 bits per heavy atom. The van der Waals surface area contributed by atoms with Crippen molar-refractivity contribution < 1.29 is 14.3 Å². The highest BCUT2D eigenvalue weighted by atomic mass is 32.1. The van der Waals surface area contributed by atoms with Crippen LogP contribution in [0.1, 0.15) is 59.4 Å². The van der Waals surface area contributed by atoms with Gasteiger partial charge in [-0.2, -0.15) is 0 Å². The molecule has 1 aliphatic rings. The van der Waals surface area contributed by atoms with Crippen molar-refractivity contribution in [2.24, 2.45) is 0 Å². The van der Waals surface area contributed by atoms with Gasteiger partial charge in [0, 0.05) is 18.3 Å². The lowest BCUT2D eigenvalue weighted by atomic mass is 10.2. The summed E-state index contributed by atoms with van der Waals surface area (Å²) in [5, 5.41) is 14.4. The van der Waals surface area contributed by atoms with Crippen molar-refractivity contribution in [3.8, 4) is 0 Å². The number of nitrogens with one attached hydrogen (secondary N) is 2. The van der Waals surface area contributed by atoms with Crippen molar-refractivity contribution in [3.05, 3.63) is 39.8 Å². The van der Waals surface area contributed by atoms with Crippen LogP contribution >= 0.6 is 11.3 Å². The fraction of sp³-hybridized carbons (Fsp3) is 0.565. The van der Waals surface area contributed by atoms with Crippen LogP contribution in [-0.2, 0) is 16.1 Å². The molecule has 0 radical (unpaired) electrons. The van der Waals surface area contributed by atoms with Gasteiger partial charge >= 0.3 is 0 Å². The Hall–Kier alpha value is -2.36. The zero-order valence-corrected chi connectivity index (χ0v) is 19.7. The summed E-state index contributed by atoms with van der Waals surface area (Å²) in [6.45, 7) is 7.28. The van der Waals surface area contributed by atoms with Gasteiger partial charge in [-0.25, -0.2) is 0 Å². The summed E-state index contributed by atoms with van der Waals surface area (Å²) in [5.41, 5.74) is 1.82. The SMILES string of the molecule is Cc1ccc(NC(=O)c2nnc(COCC(=O)NCCC(C)N3CCCCCC3)s2)cc1. The van der Waals surface area contributed by atoms with Gasteiger partial charge in [-0.05, 0) is 58.3 Å². The van der Waals surface area contributed by atoms with E-state index in [2.05, 4.69) is 32.7 Å². The Kier molecular flexibility index (Phi) is 9.58. The van der Waals surface area contributed by atoms with Crippen LogP contribution in [0, 0.1) is 6.92 Å². The standard InChI is InChI=1S/C23H33N5O3S/c1-17-7-9-19(10-8-17)25-22(30)23-27-26-21(32-23)16-31-15-20(29)24-12-11-18(2)28-13-5-3-4-6-14-28/h7-10,18H,3-6,11-16H2,1-2H3,(H,24,29)(H,25,30). The van der Waals surface area contributed by atoms with Crippen LogP contribution in [0.3, 0.4) is 0 Å². The topological polar surface area (TPSA) is 96.5 Å². The van der Waals surface area contributed by atoms with Gasteiger partial charge in [-0.15, -0.1) is 10.2 Å². The molecule has 0 spiro atoms. The highest BCUT2D eigenvalue weighted by Crippen LogP contribution is 2.15. The van der Waals surface area contributed by atoms with Crippen LogP contribution in [0.15, 0.2) is 24.3 Å². The second kappa shape index (κ2) is 12.6. The Morgan fingerprint density at radius 3 is 2.56 bits per heavy atom. The highest BCUT2D eigenvalue weighted by Gasteiger charge is 2.16. The van der Waals surface area contributed by atoms with Crippen molar-refractivity contribution in [3.63, 3.8) is 0 Å². The summed E-state index contributed by atoms with van der Waals surface area (Å²) in [5.74, 6) is -0.455. The normalized spacial score (nSPS) is 15.7. The van der Waals surface area contributed by atoms with Crippen LogP contribution in [0.25, 0.3) is 0 Å². The van der Waals surface area contributed by atoms with Gasteiger partial charge in [0.25, 0.3) is 5.91 Å². The first-order chi connectivity index (χ1) is 15.5. The molecule has 9 heteroatoms. The zero-order valence-electron chi connectivity index (χ0n) is 18.9. The van der Waals surface area contributed by atoms with E-state index in [4.69, 9.17) is 4.74 Å². The molecule has 1 aromatic carbocycles. The first-order valence-electron chi connectivity index (χ1n) is 11.3. The molecule has 174 valence electrons. The minimum absolute atomic E-state index is 0.0391. The lowest BCUT2D eigenvalue weighted by Crippen LogP contribution is -2.37. The predicted molar refractivity (Wildman–Crippen MR) is 126 cm³/mol. The Balaban J connectivity index is 1.32. The summed E-state index contributed by atoms with van der Waals surface area (Å²) >= 11 is 1.16. The van der Waals surface area contributed by atoms with E-state index in [1.807, 2.05) is 31.2 Å². The maximum atomic E-state index is 12.3. The number of anilines is 1. The van der Waals surface area contributed by atoms with Gasteiger partial charge in [0.1, 0.15) is 18.2 Å². The molecule has 1 fully saturated rings. The molecule has 0 bridgehead atoms. The number of amides is 2. The Labute approximate surface area is 193 Å². The second-order valence-electron chi connectivity index (χ2n) is 8.25. The van der Waals surface area contributed by atoms with Crippen LogP contribution in [-0.4, -0.2) is 59.2 Å². The molecule has 8 nitrogen and oxygen atoms in total. The lowest BCUT2D eigenvalue weighted by Gasteiger charge is -2.27. The molecule has 3 rings (SSSR count). The Morgan fingerprint density at radius 1 is 1.12 bits per heavy atom. The van der Waals surface area contributed by atoms with E-state index < -0.39 is 0 Å². The largest absolute Gasteiger partial charge is 0.364 e. The summed E-state index contributed by atoms with van der Waals surface area (Å²) in [6.07, 6.45) is 6.12. The molecule has 1 aliphatic heterocycles. The molecule has 0 aliphatic carbocycles. The van der Waals surface area contributed by atoms with E-state index >= 15 is 0 Å². The van der Waals surface area contributed by atoms with Crippen molar-refractivity contribution in [1.29, 1.82) is 0 Å². The number of hydrogen-bond acceptors (Lipinski definition) is 7. The summed E-state index contributed by atoms with van der Waals surface area (Å²) < 4.78 is 5.45. The first-order valence-corrected chi connectivity index (χ1v) is 12.1. The molecule has 1 atom stereocenters. The molecule has 32 heavy (non-hydrogen) atoms. The van der Waals surface area contributed by atoms with Crippen molar-refractivity contribution in [2.45, 2.75) is 58.6 Å². The van der Waals surface area contributed by atoms with Crippen LogP contribution in [0.5, 0.6) is 0 Å². The van der Waals surface area contributed by atoms with Gasteiger partial charge in [0.2, 0.25) is 10.9 Å². The third kappa shape index (κ3) is 7.96. The molecule has 2 N–H and O–H groups in total. The first kappa shape index (κ1) is 24.3. The van der Waals surface area contributed by atoms with Crippen molar-refractivity contribution >= 4 is 28.8 Å². The minimum atomic E-state index is -0.311. The van der Waals surface area contributed by atoms with Gasteiger partial charge in [-0.3, -0.25) is 9.59 Å². The molecule has 2 amide bonds. The van der Waals surface area contributed by atoms with Gasteiger partial charge in [-0.1, -0.05) is 41.9 Å². The number of aryl methyl sites for hydroxylation is 1. The maximum absolute atomic E-state index is 12.3. The number of ether oxygens (including phenoxy) is 1. The van der Waals surface area contributed by atoms with E-state index in [0.29, 0.717) is 23.3 Å². The average molecular weight is 460 g/mol. The number of carbonyl (C=O) groups excluding carboxylic acids is 2. The molecule has 1 aromatic heterocycles. The lowest BCUT2D eigenvalue weighted by molar-refractivity contribution is -0.126. The monoisotopic (exact) mass is 459 g/mol. The van der Waals surface area contributed by atoms with Gasteiger partial charge in [0.05, 0.1) is 0 Å². The molecule has 1 unspecified atom stereocenters. The van der Waals surface area contributed by atoms with Crippen LogP contribution in [0.2, 0.25) is 0 Å². The number of nitrogens with zero attached hydrogens (tertiary/aromatic N) is 3. The van der Waals surface area contributed by atoms with Gasteiger partial charge in [0.15, 0.2) is 0 Å². The minimum Gasteiger partial charge on any atom is -0.364 e. The van der Waals surface area contributed by atoms with E-state index in [9.17, 15) is 9.59 Å². The summed E-state index contributed by atoms with van der Waals surface area (Å²) in [7, 11) is 0. The molecule has 2 heterocycles. The third-order valence-electron chi connectivity index (χ3n) is 5.58. The maximum Gasteiger partial charge on any atom is 0.286 e. The van der Waals surface area contributed by atoms with E-state index in [1.165, 1.54) is 25.7 Å². The molecule has 1 saturated heterocycles. The fourth-order valence-corrected chi connectivity index (χ4v) is 4.32. The van der Waals surface area contributed by atoms with Crippen molar-refractivity contribution in [2.75, 3.05) is 31.6 Å². The average Bonchev–Trinajstić information content (AvgIpc) is 3.08. The summed E-state index contributed by atoms with van der Waals surface area (Å²) in [4.78, 5) is 26.9. The molecular formula is C23H33N5O3S. The fourth-order valence-electron chi connectivity index (χ4n) is 3.65. The number of aromatic nitrogens is 2. The zero-order chi connectivity index (χ0) is 22.8. The molecule has 0 saturated carbocycles. The number of hydrogen-bond donors (Lipinski definition) is 2. The quantitative estimate of drug-likeness (QED) is 0.565. The predicted octanol–water partition coefficient (Wildman–Crippen LogP) is 3.39. The second-order valence-corrected chi connectivity index (χ2v) is 9.31. The third-order valence-corrected chi connectivity index (χ3v) is 6.47. The smallest absolute Gasteiger partial charge is 0.286 e. The van der Waals surface area contributed by atoms with E-state index in [0.717, 1.165) is 36.4 Å².